The van der Waals surface area contributed by atoms with Crippen LogP contribution in [0.4, 0.5) is 0 Å². The molecule has 0 radical (unpaired) electrons. The molecule has 1 amide bonds. The molecule has 0 bridgehead atoms. The molecule has 29 heavy (non-hydrogen) atoms. The Balaban J connectivity index is 1.23. The molecule has 2 aliphatic heterocycles. The van der Waals surface area contributed by atoms with Crippen molar-refractivity contribution in [2.45, 2.75) is 26.3 Å². The second-order valence-electron chi connectivity index (χ2n) is 7.58. The third kappa shape index (κ3) is 4.59. The highest BCUT2D eigenvalue weighted by molar-refractivity contribution is 5.99. The van der Waals surface area contributed by atoms with E-state index < -0.39 is 0 Å². The fourth-order valence-electron chi connectivity index (χ4n) is 3.85. The van der Waals surface area contributed by atoms with Gasteiger partial charge in [-0.2, -0.15) is 0 Å². The number of aryl methyl sites for hydroxylation is 1. The number of amides is 1. The number of hydrogen-bond acceptors (Lipinski definition) is 5. The van der Waals surface area contributed by atoms with Crippen molar-refractivity contribution in [3.05, 3.63) is 59.2 Å². The minimum absolute atomic E-state index is 0.0397. The lowest BCUT2D eigenvalue weighted by Gasteiger charge is -2.34. The molecule has 2 aromatic rings. The van der Waals surface area contributed by atoms with E-state index in [1.165, 1.54) is 5.56 Å². The minimum atomic E-state index is 0.0397. The summed E-state index contributed by atoms with van der Waals surface area (Å²) in [5.74, 6) is 1.70. The Morgan fingerprint density at radius 3 is 2.48 bits per heavy atom. The van der Waals surface area contributed by atoms with Gasteiger partial charge in [-0.1, -0.05) is 30.3 Å². The zero-order valence-corrected chi connectivity index (χ0v) is 16.7. The van der Waals surface area contributed by atoms with E-state index in [1.807, 2.05) is 48.2 Å². The van der Waals surface area contributed by atoms with Crippen molar-refractivity contribution in [2.24, 2.45) is 0 Å². The Bertz CT molecular complexity index is 904. The number of ether oxygens (including phenoxy) is 2. The third-order valence-corrected chi connectivity index (χ3v) is 5.58. The highest BCUT2D eigenvalue weighted by Crippen LogP contribution is 2.32. The summed E-state index contributed by atoms with van der Waals surface area (Å²) >= 11 is 0. The van der Waals surface area contributed by atoms with Gasteiger partial charge in [0.2, 0.25) is 12.7 Å². The van der Waals surface area contributed by atoms with Gasteiger partial charge in [-0.05, 0) is 30.2 Å². The fourth-order valence-corrected chi connectivity index (χ4v) is 3.85. The molecule has 1 saturated heterocycles. The number of hydrogen-bond donors (Lipinski definition) is 0. The number of rotatable bonds is 6. The molecular formula is C23H26N2O4. The van der Waals surface area contributed by atoms with Crippen molar-refractivity contribution in [3.8, 4) is 11.5 Å². The van der Waals surface area contributed by atoms with Gasteiger partial charge in [-0.3, -0.25) is 14.5 Å². The molecule has 6 nitrogen and oxygen atoms in total. The predicted octanol–water partition coefficient (Wildman–Crippen LogP) is 3.03. The first-order chi connectivity index (χ1) is 14.1. The lowest BCUT2D eigenvalue weighted by molar-refractivity contribution is -0.132. The molecule has 0 unspecified atom stereocenters. The second-order valence-corrected chi connectivity index (χ2v) is 7.58. The zero-order valence-electron chi connectivity index (χ0n) is 16.7. The monoisotopic (exact) mass is 394 g/mol. The first-order valence-corrected chi connectivity index (χ1v) is 10.1. The summed E-state index contributed by atoms with van der Waals surface area (Å²) in [6, 6.07) is 13.6. The van der Waals surface area contributed by atoms with Crippen LogP contribution >= 0.6 is 0 Å². The van der Waals surface area contributed by atoms with Crippen molar-refractivity contribution in [3.63, 3.8) is 0 Å². The summed E-state index contributed by atoms with van der Waals surface area (Å²) in [4.78, 5) is 29.1. The van der Waals surface area contributed by atoms with Crippen LogP contribution in [0.15, 0.2) is 42.5 Å². The van der Waals surface area contributed by atoms with Crippen LogP contribution in [-0.4, -0.2) is 54.5 Å². The van der Waals surface area contributed by atoms with E-state index in [0.717, 1.165) is 36.7 Å². The maximum atomic E-state index is 12.5. The van der Waals surface area contributed by atoms with Crippen LogP contribution in [0.3, 0.4) is 0 Å². The van der Waals surface area contributed by atoms with Gasteiger partial charge in [0.15, 0.2) is 17.3 Å². The maximum absolute atomic E-state index is 12.5. The number of ketones is 1. The van der Waals surface area contributed by atoms with Crippen molar-refractivity contribution < 1.29 is 19.1 Å². The molecule has 4 rings (SSSR count). The van der Waals surface area contributed by atoms with Gasteiger partial charge >= 0.3 is 0 Å². The third-order valence-electron chi connectivity index (χ3n) is 5.58. The summed E-state index contributed by atoms with van der Waals surface area (Å²) in [5, 5.41) is 0. The number of nitrogens with zero attached hydrogens (tertiary/aromatic N) is 2. The normalized spacial score (nSPS) is 16.1. The maximum Gasteiger partial charge on any atom is 0.231 e. The smallest absolute Gasteiger partial charge is 0.231 e. The van der Waals surface area contributed by atoms with Gasteiger partial charge in [-0.15, -0.1) is 0 Å². The molecule has 0 spiro atoms. The minimum Gasteiger partial charge on any atom is -0.454 e. The highest BCUT2D eigenvalue weighted by atomic mass is 16.7. The molecule has 0 atom stereocenters. The van der Waals surface area contributed by atoms with Crippen LogP contribution in [-0.2, 0) is 11.3 Å². The molecular weight excluding hydrogens is 368 g/mol. The lowest BCUT2D eigenvalue weighted by Crippen LogP contribution is -2.48. The van der Waals surface area contributed by atoms with E-state index in [0.29, 0.717) is 18.7 Å². The zero-order chi connectivity index (χ0) is 20.2. The van der Waals surface area contributed by atoms with E-state index in [1.54, 1.807) is 0 Å². The largest absolute Gasteiger partial charge is 0.454 e. The number of piperazine rings is 1. The van der Waals surface area contributed by atoms with Crippen LogP contribution in [0.1, 0.15) is 34.3 Å². The summed E-state index contributed by atoms with van der Waals surface area (Å²) < 4.78 is 10.8. The number of Topliss-reactive ketones (excluding diaryl/α,β-unsaturated/α-hetero) is 1. The molecule has 1 fully saturated rings. The quantitative estimate of drug-likeness (QED) is 0.705. The molecule has 6 heteroatoms. The van der Waals surface area contributed by atoms with Gasteiger partial charge in [0.25, 0.3) is 0 Å². The van der Waals surface area contributed by atoms with Crippen molar-refractivity contribution >= 4 is 11.7 Å². The Labute approximate surface area is 171 Å². The van der Waals surface area contributed by atoms with Crippen LogP contribution in [0.5, 0.6) is 11.5 Å². The van der Waals surface area contributed by atoms with Gasteiger partial charge in [0.05, 0.1) is 0 Å². The topological polar surface area (TPSA) is 59.1 Å². The summed E-state index contributed by atoms with van der Waals surface area (Å²) in [6.07, 6.45) is 0.538. The first-order valence-electron chi connectivity index (χ1n) is 10.1. The van der Waals surface area contributed by atoms with Crippen LogP contribution in [0, 0.1) is 6.92 Å². The second kappa shape index (κ2) is 8.66. The lowest BCUT2D eigenvalue weighted by atomic mass is 10.0. The molecule has 0 aliphatic carbocycles. The Hall–Kier alpha value is -2.86. The van der Waals surface area contributed by atoms with Gasteiger partial charge < -0.3 is 14.4 Å². The van der Waals surface area contributed by atoms with E-state index >= 15 is 0 Å². The van der Waals surface area contributed by atoms with E-state index in [4.69, 9.17) is 9.47 Å². The van der Waals surface area contributed by atoms with Crippen LogP contribution < -0.4 is 9.47 Å². The number of benzene rings is 2. The molecule has 0 aromatic heterocycles. The number of carbonyl (C=O) groups is 2. The average Bonchev–Trinajstić information content (AvgIpc) is 3.20. The Morgan fingerprint density at radius 2 is 1.69 bits per heavy atom. The summed E-state index contributed by atoms with van der Waals surface area (Å²) in [7, 11) is 0. The number of fused-ring (bicyclic) bond motifs is 1. The SMILES string of the molecule is Cc1ccccc1C(=O)CCC(=O)N1CCN(Cc2ccc3c(c2)OCO3)CC1. The van der Waals surface area contributed by atoms with Gasteiger partial charge in [0, 0.05) is 51.1 Å². The average molecular weight is 394 g/mol. The molecule has 2 heterocycles. The van der Waals surface area contributed by atoms with Crippen molar-refractivity contribution in [2.75, 3.05) is 33.0 Å². The van der Waals surface area contributed by atoms with E-state index in [2.05, 4.69) is 11.0 Å². The summed E-state index contributed by atoms with van der Waals surface area (Å²) in [6.45, 7) is 6.08. The fraction of sp³-hybridized carbons (Fsp3) is 0.391. The van der Waals surface area contributed by atoms with E-state index in [9.17, 15) is 9.59 Å². The predicted molar refractivity (Wildman–Crippen MR) is 109 cm³/mol. The highest BCUT2D eigenvalue weighted by Gasteiger charge is 2.22. The summed E-state index contributed by atoms with van der Waals surface area (Å²) in [5.41, 5.74) is 2.86. The van der Waals surface area contributed by atoms with Crippen LogP contribution in [0.25, 0.3) is 0 Å². The van der Waals surface area contributed by atoms with Gasteiger partial charge in [-0.25, -0.2) is 0 Å². The molecule has 2 aromatic carbocycles. The molecule has 152 valence electrons. The standard InChI is InChI=1S/C23H26N2O4/c1-17-4-2-3-5-19(17)20(26)7-9-23(27)25-12-10-24(11-13-25)15-18-6-8-21-22(14-18)29-16-28-21/h2-6,8,14H,7,9-13,15-16H2,1H3. The van der Waals surface area contributed by atoms with Crippen molar-refractivity contribution in [1.82, 2.24) is 9.80 Å². The van der Waals surface area contributed by atoms with E-state index in [-0.39, 0.29) is 31.3 Å². The van der Waals surface area contributed by atoms with Crippen molar-refractivity contribution in [1.29, 1.82) is 0 Å². The molecule has 0 saturated carbocycles. The Kier molecular flexibility index (Phi) is 5.81. The molecule has 0 N–H and O–H groups in total. The van der Waals surface area contributed by atoms with Crippen LogP contribution in [0.2, 0.25) is 0 Å². The molecule has 2 aliphatic rings. The first kappa shape index (κ1) is 19.5. The Morgan fingerprint density at radius 1 is 0.931 bits per heavy atom. The van der Waals surface area contributed by atoms with Gasteiger partial charge in [0.1, 0.15) is 0 Å². The number of carbonyl (C=O) groups excluding carboxylic acids is 2.